The van der Waals surface area contributed by atoms with Crippen LogP contribution in [-0.4, -0.2) is 29.2 Å². The fourth-order valence-electron chi connectivity index (χ4n) is 4.46. The molecule has 40 heavy (non-hydrogen) atoms. The lowest BCUT2D eigenvalue weighted by molar-refractivity contribution is -0.384. The Labute approximate surface area is 236 Å². The number of benzene rings is 2. The predicted molar refractivity (Wildman–Crippen MR) is 149 cm³/mol. The van der Waals surface area contributed by atoms with Crippen molar-refractivity contribution < 1.29 is 23.6 Å². The van der Waals surface area contributed by atoms with Gasteiger partial charge in [-0.15, -0.1) is 0 Å². The maximum atomic E-state index is 13.7. The molecule has 4 aromatic rings. The van der Waals surface area contributed by atoms with E-state index in [4.69, 9.17) is 25.5 Å². The van der Waals surface area contributed by atoms with E-state index in [-0.39, 0.29) is 23.4 Å². The number of ether oxygens (including phenoxy) is 2. The molecular formula is C28H22ClN3O7S. The number of allylic oxidation sites excluding steroid dienone is 1. The Kier molecular flexibility index (Phi) is 7.42. The molecule has 1 aliphatic heterocycles. The van der Waals surface area contributed by atoms with Gasteiger partial charge in [0.25, 0.3) is 11.2 Å². The van der Waals surface area contributed by atoms with Gasteiger partial charge in [0, 0.05) is 23.2 Å². The highest BCUT2D eigenvalue weighted by atomic mass is 35.5. The van der Waals surface area contributed by atoms with Crippen molar-refractivity contribution in [2.75, 3.05) is 13.7 Å². The smallest absolute Gasteiger partial charge is 0.338 e. The molecule has 0 saturated carbocycles. The zero-order valence-electron chi connectivity index (χ0n) is 21.5. The number of nitro benzene ring substituents is 1. The first kappa shape index (κ1) is 27.1. The zero-order chi connectivity index (χ0) is 28.6. The first-order valence-electron chi connectivity index (χ1n) is 12.1. The predicted octanol–water partition coefficient (Wildman–Crippen LogP) is 4.63. The number of halogens is 1. The molecule has 0 amide bonds. The first-order valence-corrected chi connectivity index (χ1v) is 13.3. The van der Waals surface area contributed by atoms with Gasteiger partial charge in [-0.05, 0) is 49.7 Å². The average molecular weight is 580 g/mol. The van der Waals surface area contributed by atoms with Gasteiger partial charge in [0.2, 0.25) is 0 Å². The Morgan fingerprint density at radius 3 is 2.65 bits per heavy atom. The van der Waals surface area contributed by atoms with Crippen molar-refractivity contribution in [2.24, 2.45) is 4.99 Å². The van der Waals surface area contributed by atoms with Crippen LogP contribution in [0.4, 0.5) is 5.69 Å². The van der Waals surface area contributed by atoms with Crippen LogP contribution in [0.5, 0.6) is 5.75 Å². The summed E-state index contributed by atoms with van der Waals surface area (Å²) < 4.78 is 18.4. The van der Waals surface area contributed by atoms with E-state index in [2.05, 4.69) is 4.99 Å². The molecule has 0 bridgehead atoms. The molecule has 0 radical (unpaired) electrons. The van der Waals surface area contributed by atoms with Crippen molar-refractivity contribution in [2.45, 2.75) is 19.9 Å². The first-order chi connectivity index (χ1) is 19.2. The van der Waals surface area contributed by atoms with E-state index in [1.807, 2.05) is 0 Å². The van der Waals surface area contributed by atoms with Crippen molar-refractivity contribution in [3.63, 3.8) is 0 Å². The largest absolute Gasteiger partial charge is 0.496 e. The molecule has 204 valence electrons. The van der Waals surface area contributed by atoms with Crippen molar-refractivity contribution in [3.05, 3.63) is 112 Å². The molecule has 3 heterocycles. The Bertz CT molecular complexity index is 1850. The van der Waals surface area contributed by atoms with Crippen LogP contribution >= 0.6 is 22.9 Å². The number of carbonyl (C=O) groups excluding carboxylic acids is 1. The number of nitro groups is 1. The number of thiazole rings is 1. The third kappa shape index (κ3) is 4.96. The van der Waals surface area contributed by atoms with E-state index in [1.54, 1.807) is 56.3 Å². The van der Waals surface area contributed by atoms with Crippen LogP contribution < -0.4 is 19.6 Å². The Hall–Kier alpha value is -4.48. The van der Waals surface area contributed by atoms with Crippen molar-refractivity contribution >= 4 is 40.7 Å². The zero-order valence-corrected chi connectivity index (χ0v) is 23.1. The van der Waals surface area contributed by atoms with Crippen molar-refractivity contribution in [1.82, 2.24) is 4.57 Å². The number of fused-ring (bicyclic) bond motifs is 1. The summed E-state index contributed by atoms with van der Waals surface area (Å²) in [5.41, 5.74) is 1.30. The monoisotopic (exact) mass is 579 g/mol. The second-order valence-corrected chi connectivity index (χ2v) is 10.1. The summed E-state index contributed by atoms with van der Waals surface area (Å²) in [6, 6.07) is 13.6. The summed E-state index contributed by atoms with van der Waals surface area (Å²) in [6.07, 6.45) is 1.57. The second kappa shape index (κ2) is 10.9. The summed E-state index contributed by atoms with van der Waals surface area (Å²) in [6.45, 7) is 3.59. The van der Waals surface area contributed by atoms with Gasteiger partial charge in [-0.2, -0.15) is 0 Å². The van der Waals surface area contributed by atoms with E-state index >= 15 is 0 Å². The number of hydrogen-bond acceptors (Lipinski definition) is 9. The minimum Gasteiger partial charge on any atom is -0.496 e. The minimum atomic E-state index is -0.768. The number of carbonyl (C=O) groups is 1. The van der Waals surface area contributed by atoms with Gasteiger partial charge < -0.3 is 13.9 Å². The summed E-state index contributed by atoms with van der Waals surface area (Å²) >= 11 is 7.25. The number of rotatable bonds is 7. The molecule has 2 aromatic heterocycles. The van der Waals surface area contributed by atoms with Gasteiger partial charge in [0.15, 0.2) is 4.80 Å². The van der Waals surface area contributed by atoms with Crippen LogP contribution in [0.15, 0.2) is 80.1 Å². The van der Waals surface area contributed by atoms with Crippen LogP contribution in [0.2, 0.25) is 5.02 Å². The molecule has 0 N–H and O–H groups in total. The van der Waals surface area contributed by atoms with E-state index in [0.717, 1.165) is 11.3 Å². The van der Waals surface area contributed by atoms with E-state index in [1.165, 1.54) is 29.9 Å². The average Bonchev–Trinajstić information content (AvgIpc) is 3.52. The molecule has 12 heteroatoms. The molecule has 5 rings (SSSR count). The van der Waals surface area contributed by atoms with Gasteiger partial charge in [0.1, 0.15) is 17.3 Å². The molecule has 1 unspecified atom stereocenters. The summed E-state index contributed by atoms with van der Waals surface area (Å²) in [5, 5.41) is 11.8. The topological polar surface area (TPSA) is 126 Å². The SMILES string of the molecule is CCOC(=O)C1=C(C)N=c2s/c(=C\c3ccc(-c4cc([N+](=O)[O-])ccc4OC)o3)c(=O)n2C1c1ccc(Cl)cc1. The Morgan fingerprint density at radius 2 is 1.98 bits per heavy atom. The second-order valence-electron chi connectivity index (χ2n) is 8.70. The number of esters is 1. The van der Waals surface area contributed by atoms with Crippen LogP contribution in [0, 0.1) is 10.1 Å². The van der Waals surface area contributed by atoms with Crippen LogP contribution in [0.3, 0.4) is 0 Å². The lowest BCUT2D eigenvalue weighted by atomic mass is 9.96. The highest BCUT2D eigenvalue weighted by Gasteiger charge is 2.33. The molecule has 1 aliphatic rings. The van der Waals surface area contributed by atoms with E-state index in [0.29, 0.717) is 48.5 Å². The van der Waals surface area contributed by atoms with Crippen LogP contribution in [0.25, 0.3) is 17.4 Å². The number of aromatic nitrogens is 1. The number of furan rings is 1. The number of non-ortho nitro benzene ring substituents is 1. The molecular weight excluding hydrogens is 558 g/mol. The normalized spacial score (nSPS) is 15.0. The summed E-state index contributed by atoms with van der Waals surface area (Å²) in [4.78, 5) is 42.5. The maximum Gasteiger partial charge on any atom is 0.338 e. The molecule has 0 saturated heterocycles. The lowest BCUT2D eigenvalue weighted by Crippen LogP contribution is -2.39. The van der Waals surface area contributed by atoms with Gasteiger partial charge >= 0.3 is 5.97 Å². The van der Waals surface area contributed by atoms with E-state index in [9.17, 15) is 19.7 Å². The molecule has 0 spiro atoms. The fraction of sp³-hybridized carbons (Fsp3) is 0.179. The van der Waals surface area contributed by atoms with Crippen molar-refractivity contribution in [3.8, 4) is 17.1 Å². The minimum absolute atomic E-state index is 0.114. The molecule has 0 fully saturated rings. The van der Waals surface area contributed by atoms with Crippen LogP contribution in [-0.2, 0) is 9.53 Å². The lowest BCUT2D eigenvalue weighted by Gasteiger charge is -2.24. The van der Waals surface area contributed by atoms with Gasteiger partial charge in [-0.1, -0.05) is 35.1 Å². The fourth-order valence-corrected chi connectivity index (χ4v) is 5.61. The molecule has 2 aromatic carbocycles. The van der Waals surface area contributed by atoms with Crippen molar-refractivity contribution in [1.29, 1.82) is 0 Å². The molecule has 0 aliphatic carbocycles. The summed E-state index contributed by atoms with van der Waals surface area (Å²) in [5.74, 6) is 0.521. The van der Waals surface area contributed by atoms with Gasteiger partial charge in [-0.3, -0.25) is 19.5 Å². The van der Waals surface area contributed by atoms with Crippen LogP contribution in [0.1, 0.15) is 31.2 Å². The van der Waals surface area contributed by atoms with E-state index < -0.39 is 16.9 Å². The highest BCUT2D eigenvalue weighted by Crippen LogP contribution is 2.35. The standard InChI is InChI=1S/C28H22ClN3O7S/c1-4-38-27(34)24-15(2)30-28-31(25(24)16-5-7-17(29)8-6-16)26(33)23(40-28)14-19-10-12-22(39-19)20-13-18(32(35)36)9-11-21(20)37-3/h5-14,25H,4H2,1-3H3/b23-14-. The quantitative estimate of drug-likeness (QED) is 0.177. The molecule has 10 nitrogen and oxygen atoms in total. The Morgan fingerprint density at radius 1 is 1.23 bits per heavy atom. The summed E-state index contributed by atoms with van der Waals surface area (Å²) in [7, 11) is 1.46. The maximum absolute atomic E-state index is 13.7. The molecule has 1 atom stereocenters. The highest BCUT2D eigenvalue weighted by molar-refractivity contribution is 7.07. The van der Waals surface area contributed by atoms with Gasteiger partial charge in [-0.25, -0.2) is 9.79 Å². The number of methoxy groups -OCH3 is 1. The number of hydrogen-bond donors (Lipinski definition) is 0. The third-order valence-corrected chi connectivity index (χ3v) is 7.50. The Balaban J connectivity index is 1.63. The van der Waals surface area contributed by atoms with Gasteiger partial charge in [0.05, 0.1) is 46.0 Å². The number of nitrogens with zero attached hydrogens (tertiary/aromatic N) is 3. The third-order valence-electron chi connectivity index (χ3n) is 6.26.